The highest BCUT2D eigenvalue weighted by Crippen LogP contribution is 2.49. The number of hydrogen-bond donors (Lipinski definition) is 1. The van der Waals surface area contributed by atoms with Gasteiger partial charge in [-0.05, 0) is 59.9 Å². The zero-order chi connectivity index (χ0) is 14.8. The third-order valence-corrected chi connectivity index (χ3v) is 4.19. The molecule has 1 aliphatic rings. The molecule has 3 rings (SSSR count). The van der Waals surface area contributed by atoms with Crippen LogP contribution in [0.25, 0.3) is 0 Å². The molecule has 21 heavy (non-hydrogen) atoms. The van der Waals surface area contributed by atoms with E-state index in [1.54, 1.807) is 7.11 Å². The van der Waals surface area contributed by atoms with E-state index in [1.165, 1.54) is 5.56 Å². The minimum absolute atomic E-state index is 0.254. The molecule has 0 aromatic heterocycles. The fourth-order valence-electron chi connectivity index (χ4n) is 2.68. The van der Waals surface area contributed by atoms with Crippen molar-refractivity contribution in [3.05, 3.63) is 64.7 Å². The van der Waals surface area contributed by atoms with Crippen LogP contribution in [0.3, 0.4) is 0 Å². The van der Waals surface area contributed by atoms with Crippen LogP contribution < -0.4 is 4.74 Å². The van der Waals surface area contributed by atoms with Crippen LogP contribution in [0.4, 0.5) is 0 Å². The van der Waals surface area contributed by atoms with E-state index >= 15 is 0 Å². The number of nitrogens with zero attached hydrogens (tertiary/aromatic N) is 1. The highest BCUT2D eigenvalue weighted by Gasteiger charge is 2.42. The van der Waals surface area contributed by atoms with Crippen molar-refractivity contribution in [3.8, 4) is 5.75 Å². The number of rotatable bonds is 4. The van der Waals surface area contributed by atoms with E-state index in [0.717, 1.165) is 28.5 Å². The van der Waals surface area contributed by atoms with Gasteiger partial charge < -0.3 is 9.94 Å². The Labute approximate surface area is 128 Å². The largest absolute Gasteiger partial charge is 0.497 e. The molecular formula is C17H16ClNO2. The van der Waals surface area contributed by atoms with Gasteiger partial charge in [-0.3, -0.25) is 0 Å². The maximum atomic E-state index is 9.36. The number of halogens is 1. The maximum absolute atomic E-state index is 9.36. The van der Waals surface area contributed by atoms with Crippen molar-refractivity contribution in [2.75, 3.05) is 7.11 Å². The van der Waals surface area contributed by atoms with Crippen molar-refractivity contribution >= 4 is 17.3 Å². The molecular weight excluding hydrogens is 286 g/mol. The van der Waals surface area contributed by atoms with Crippen molar-refractivity contribution in [3.63, 3.8) is 0 Å². The zero-order valence-corrected chi connectivity index (χ0v) is 12.4. The van der Waals surface area contributed by atoms with Gasteiger partial charge in [0.2, 0.25) is 0 Å². The van der Waals surface area contributed by atoms with Crippen LogP contribution in [0.5, 0.6) is 5.75 Å². The van der Waals surface area contributed by atoms with E-state index < -0.39 is 0 Å². The number of ether oxygens (including phenoxy) is 1. The number of hydrogen-bond acceptors (Lipinski definition) is 3. The normalized spacial score (nSPS) is 21.1. The summed E-state index contributed by atoms with van der Waals surface area (Å²) in [5.74, 6) is 1.45. The molecule has 0 heterocycles. The molecule has 0 unspecified atom stereocenters. The standard InChI is InChI=1S/C17H16ClNO2/c1-21-14-8-4-12(5-9-14)17(19-20)16-10-15(16)11-2-6-13(18)7-3-11/h2-9,15-16,20H,10H2,1H3/b19-17-/t15-,16-/m0/s1. The predicted octanol–water partition coefficient (Wildman–Crippen LogP) is 4.33. The van der Waals surface area contributed by atoms with Gasteiger partial charge in [0.15, 0.2) is 0 Å². The van der Waals surface area contributed by atoms with Gasteiger partial charge in [0.05, 0.1) is 12.8 Å². The Hall–Kier alpha value is -2.00. The van der Waals surface area contributed by atoms with Crippen LogP contribution >= 0.6 is 11.6 Å². The molecule has 1 fully saturated rings. The molecule has 2 aromatic rings. The highest BCUT2D eigenvalue weighted by atomic mass is 35.5. The summed E-state index contributed by atoms with van der Waals surface area (Å²) in [7, 11) is 1.63. The summed E-state index contributed by atoms with van der Waals surface area (Å²) in [6.45, 7) is 0. The zero-order valence-electron chi connectivity index (χ0n) is 11.7. The van der Waals surface area contributed by atoms with Gasteiger partial charge in [-0.25, -0.2) is 0 Å². The molecule has 1 aliphatic carbocycles. The van der Waals surface area contributed by atoms with E-state index in [1.807, 2.05) is 48.5 Å². The van der Waals surface area contributed by atoms with Crippen molar-refractivity contribution < 1.29 is 9.94 Å². The average Bonchev–Trinajstić information content (AvgIpc) is 3.30. The molecule has 0 aliphatic heterocycles. The van der Waals surface area contributed by atoms with E-state index in [-0.39, 0.29) is 5.92 Å². The van der Waals surface area contributed by atoms with Crippen molar-refractivity contribution in [1.82, 2.24) is 0 Å². The minimum atomic E-state index is 0.254. The second-order valence-corrected chi connectivity index (χ2v) is 5.65. The van der Waals surface area contributed by atoms with E-state index in [9.17, 15) is 5.21 Å². The first-order valence-electron chi connectivity index (χ1n) is 6.84. The molecule has 4 heteroatoms. The lowest BCUT2D eigenvalue weighted by Gasteiger charge is -2.06. The monoisotopic (exact) mass is 301 g/mol. The van der Waals surface area contributed by atoms with Gasteiger partial charge in [-0.15, -0.1) is 0 Å². The summed E-state index contributed by atoms with van der Waals surface area (Å²) in [6, 6.07) is 15.5. The molecule has 108 valence electrons. The van der Waals surface area contributed by atoms with Crippen molar-refractivity contribution in [2.24, 2.45) is 11.1 Å². The predicted molar refractivity (Wildman–Crippen MR) is 83.6 cm³/mol. The first kappa shape index (κ1) is 14.0. The first-order chi connectivity index (χ1) is 10.2. The van der Waals surface area contributed by atoms with E-state index in [4.69, 9.17) is 16.3 Å². The number of methoxy groups -OCH3 is 1. The van der Waals surface area contributed by atoms with Gasteiger partial charge in [0.1, 0.15) is 5.75 Å². The fraction of sp³-hybridized carbons (Fsp3) is 0.235. The summed E-state index contributed by atoms with van der Waals surface area (Å²) in [4.78, 5) is 0. The summed E-state index contributed by atoms with van der Waals surface area (Å²) < 4.78 is 5.15. The Bertz CT molecular complexity index is 649. The highest BCUT2D eigenvalue weighted by molar-refractivity contribution is 6.30. The van der Waals surface area contributed by atoms with Crippen LogP contribution in [0.15, 0.2) is 53.7 Å². The lowest BCUT2D eigenvalue weighted by Crippen LogP contribution is -2.05. The Kier molecular flexibility index (Phi) is 3.84. The summed E-state index contributed by atoms with van der Waals surface area (Å²) >= 11 is 5.91. The average molecular weight is 302 g/mol. The third kappa shape index (κ3) is 2.88. The first-order valence-corrected chi connectivity index (χ1v) is 7.22. The number of oxime groups is 1. The quantitative estimate of drug-likeness (QED) is 0.519. The summed E-state index contributed by atoms with van der Waals surface area (Å²) in [6.07, 6.45) is 0.993. The Morgan fingerprint density at radius 2 is 1.81 bits per heavy atom. The van der Waals surface area contributed by atoms with Gasteiger partial charge in [0, 0.05) is 10.9 Å². The van der Waals surface area contributed by atoms with Gasteiger partial charge >= 0.3 is 0 Å². The Morgan fingerprint density at radius 1 is 1.14 bits per heavy atom. The molecule has 0 amide bonds. The SMILES string of the molecule is COc1ccc(/C(=N/O)[C@H]2C[C@H]2c2ccc(Cl)cc2)cc1. The molecule has 3 nitrogen and oxygen atoms in total. The van der Waals surface area contributed by atoms with Crippen LogP contribution in [-0.2, 0) is 0 Å². The Morgan fingerprint density at radius 3 is 2.38 bits per heavy atom. The molecule has 0 radical (unpaired) electrons. The molecule has 1 N–H and O–H groups in total. The second-order valence-electron chi connectivity index (χ2n) is 5.21. The lowest BCUT2D eigenvalue weighted by molar-refractivity contribution is 0.317. The van der Waals surface area contributed by atoms with Crippen molar-refractivity contribution in [1.29, 1.82) is 0 Å². The minimum Gasteiger partial charge on any atom is -0.497 e. The molecule has 2 aromatic carbocycles. The number of benzene rings is 2. The Balaban J connectivity index is 1.78. The topological polar surface area (TPSA) is 41.8 Å². The second kappa shape index (κ2) is 5.78. The maximum Gasteiger partial charge on any atom is 0.118 e. The molecule has 0 saturated heterocycles. The van der Waals surface area contributed by atoms with Gasteiger partial charge in [0.25, 0.3) is 0 Å². The van der Waals surface area contributed by atoms with Crippen molar-refractivity contribution in [2.45, 2.75) is 12.3 Å². The van der Waals surface area contributed by atoms with Crippen LogP contribution in [0.2, 0.25) is 5.02 Å². The summed E-state index contributed by atoms with van der Waals surface area (Å²) in [5.41, 5.74) is 2.90. The smallest absolute Gasteiger partial charge is 0.118 e. The van der Waals surface area contributed by atoms with Crippen LogP contribution in [0, 0.1) is 5.92 Å². The van der Waals surface area contributed by atoms with Crippen LogP contribution in [0.1, 0.15) is 23.5 Å². The fourth-order valence-corrected chi connectivity index (χ4v) is 2.81. The molecule has 2 atom stereocenters. The van der Waals surface area contributed by atoms with E-state index in [2.05, 4.69) is 5.16 Å². The third-order valence-electron chi connectivity index (χ3n) is 3.93. The molecule has 0 bridgehead atoms. The molecule has 1 saturated carbocycles. The van der Waals surface area contributed by atoms with E-state index in [0.29, 0.717) is 5.92 Å². The van der Waals surface area contributed by atoms with Crippen LogP contribution in [-0.4, -0.2) is 18.0 Å². The lowest BCUT2D eigenvalue weighted by atomic mass is 10.0. The van der Waals surface area contributed by atoms with Gasteiger partial charge in [-0.2, -0.15) is 0 Å². The van der Waals surface area contributed by atoms with Gasteiger partial charge in [-0.1, -0.05) is 28.9 Å². The molecule has 0 spiro atoms. The summed E-state index contributed by atoms with van der Waals surface area (Å²) in [5, 5.41) is 13.6.